The van der Waals surface area contributed by atoms with E-state index in [9.17, 15) is 18.0 Å². The van der Waals surface area contributed by atoms with Crippen LogP contribution in [0.25, 0.3) is 0 Å². The molecule has 1 fully saturated rings. The summed E-state index contributed by atoms with van der Waals surface area (Å²) in [5.74, 6) is -0.514. The molecule has 33 heavy (non-hydrogen) atoms. The second kappa shape index (κ2) is 10.4. The Morgan fingerprint density at radius 3 is 2.36 bits per heavy atom. The third-order valence-electron chi connectivity index (χ3n) is 6.14. The standard InChI is InChI=1S/C24H31N3O5S/c1-17-8-9-20(16-18(17)2)33(30,31)26-13-10-19(11-14-26)24(29)27(15-12-23(25)28)21-6-4-5-7-22(21)32-3/h4-9,16,19H,10-15H2,1-3H3,(H2,25,28). The Kier molecular flexibility index (Phi) is 7.76. The van der Waals surface area contributed by atoms with Crippen molar-refractivity contribution in [2.24, 2.45) is 11.7 Å². The van der Waals surface area contributed by atoms with Crippen LogP contribution in [0.4, 0.5) is 5.69 Å². The third-order valence-corrected chi connectivity index (χ3v) is 8.04. The summed E-state index contributed by atoms with van der Waals surface area (Å²) in [6, 6.07) is 12.2. The quantitative estimate of drug-likeness (QED) is 0.634. The first kappa shape index (κ1) is 24.7. The molecule has 2 N–H and O–H groups in total. The number of hydrogen-bond donors (Lipinski definition) is 1. The number of benzene rings is 2. The fourth-order valence-electron chi connectivity index (χ4n) is 4.01. The lowest BCUT2D eigenvalue weighted by Gasteiger charge is -2.34. The number of carbonyl (C=O) groups excluding carboxylic acids is 2. The molecule has 1 aliphatic heterocycles. The van der Waals surface area contributed by atoms with E-state index in [1.54, 1.807) is 36.4 Å². The van der Waals surface area contributed by atoms with Gasteiger partial charge in [0, 0.05) is 32.0 Å². The van der Waals surface area contributed by atoms with Gasteiger partial charge in [-0.05, 0) is 62.1 Å². The minimum Gasteiger partial charge on any atom is -0.495 e. The number of rotatable bonds is 8. The van der Waals surface area contributed by atoms with Gasteiger partial charge in [-0.25, -0.2) is 8.42 Å². The van der Waals surface area contributed by atoms with Crippen molar-refractivity contribution in [3.8, 4) is 5.75 Å². The Bertz CT molecular complexity index is 1120. The molecule has 178 valence electrons. The third kappa shape index (κ3) is 5.54. The number of ether oxygens (including phenoxy) is 1. The predicted octanol–water partition coefficient (Wildman–Crippen LogP) is 2.62. The van der Waals surface area contributed by atoms with E-state index in [2.05, 4.69) is 0 Å². The highest BCUT2D eigenvalue weighted by Gasteiger charge is 2.35. The SMILES string of the molecule is COc1ccccc1N(CCC(N)=O)C(=O)C1CCN(S(=O)(=O)c2ccc(C)c(C)c2)CC1. The van der Waals surface area contributed by atoms with Crippen molar-refractivity contribution in [3.05, 3.63) is 53.6 Å². The molecule has 0 aromatic heterocycles. The van der Waals surface area contributed by atoms with Gasteiger partial charge in [-0.3, -0.25) is 9.59 Å². The van der Waals surface area contributed by atoms with Crippen molar-refractivity contribution in [2.45, 2.75) is 38.0 Å². The van der Waals surface area contributed by atoms with E-state index in [-0.39, 0.29) is 42.8 Å². The van der Waals surface area contributed by atoms with Gasteiger partial charge in [0.2, 0.25) is 21.8 Å². The second-order valence-corrected chi connectivity index (χ2v) is 10.2. The van der Waals surface area contributed by atoms with Crippen molar-refractivity contribution in [2.75, 3.05) is 31.6 Å². The van der Waals surface area contributed by atoms with Gasteiger partial charge in [0.15, 0.2) is 0 Å². The van der Waals surface area contributed by atoms with Crippen LogP contribution >= 0.6 is 0 Å². The van der Waals surface area contributed by atoms with Gasteiger partial charge in [-0.1, -0.05) is 18.2 Å². The summed E-state index contributed by atoms with van der Waals surface area (Å²) < 4.78 is 33.1. The molecule has 0 unspecified atom stereocenters. The highest BCUT2D eigenvalue weighted by molar-refractivity contribution is 7.89. The fourth-order valence-corrected chi connectivity index (χ4v) is 5.57. The predicted molar refractivity (Wildman–Crippen MR) is 127 cm³/mol. The van der Waals surface area contributed by atoms with Gasteiger partial charge >= 0.3 is 0 Å². The number of methoxy groups -OCH3 is 1. The minimum atomic E-state index is -3.63. The number of sulfonamides is 1. The first-order chi connectivity index (χ1) is 15.6. The number of aryl methyl sites for hydroxylation is 2. The van der Waals surface area contributed by atoms with Crippen LogP contribution in [0.15, 0.2) is 47.4 Å². The number of amides is 2. The van der Waals surface area contributed by atoms with E-state index < -0.39 is 15.9 Å². The molecule has 0 spiro atoms. The maximum absolute atomic E-state index is 13.4. The molecule has 2 aromatic rings. The molecule has 0 bridgehead atoms. The maximum Gasteiger partial charge on any atom is 0.243 e. The Balaban J connectivity index is 1.76. The summed E-state index contributed by atoms with van der Waals surface area (Å²) >= 11 is 0. The number of primary amides is 1. The van der Waals surface area contributed by atoms with Crippen LogP contribution in [-0.2, 0) is 19.6 Å². The number of anilines is 1. The number of hydrogen-bond acceptors (Lipinski definition) is 5. The van der Waals surface area contributed by atoms with Gasteiger partial charge in [0.1, 0.15) is 5.75 Å². The Morgan fingerprint density at radius 1 is 1.09 bits per heavy atom. The fraction of sp³-hybridized carbons (Fsp3) is 0.417. The molecule has 0 aliphatic carbocycles. The first-order valence-corrected chi connectivity index (χ1v) is 12.4. The summed E-state index contributed by atoms with van der Waals surface area (Å²) in [6.07, 6.45) is 0.806. The minimum absolute atomic E-state index is 0.0176. The average molecular weight is 474 g/mol. The topological polar surface area (TPSA) is 110 Å². The molecule has 0 saturated carbocycles. The van der Waals surface area contributed by atoms with Gasteiger partial charge < -0.3 is 15.4 Å². The van der Waals surface area contributed by atoms with Gasteiger partial charge in [0.25, 0.3) is 0 Å². The number of nitrogens with zero attached hydrogens (tertiary/aromatic N) is 2. The molecule has 0 radical (unpaired) electrons. The molecule has 1 saturated heterocycles. The summed E-state index contributed by atoms with van der Waals surface area (Å²) in [6.45, 7) is 4.46. The molecular weight excluding hydrogens is 442 g/mol. The number of carbonyl (C=O) groups is 2. The summed E-state index contributed by atoms with van der Waals surface area (Å²) in [7, 11) is -2.11. The van der Waals surface area contributed by atoms with E-state index in [0.717, 1.165) is 11.1 Å². The smallest absolute Gasteiger partial charge is 0.243 e. The van der Waals surface area contributed by atoms with E-state index >= 15 is 0 Å². The van der Waals surface area contributed by atoms with Crippen LogP contribution in [0.5, 0.6) is 5.75 Å². The van der Waals surface area contributed by atoms with Crippen molar-refractivity contribution < 1.29 is 22.7 Å². The molecular formula is C24H31N3O5S. The molecule has 8 nitrogen and oxygen atoms in total. The molecule has 3 rings (SSSR count). The zero-order chi connectivity index (χ0) is 24.2. The maximum atomic E-state index is 13.4. The number of nitrogens with two attached hydrogens (primary N) is 1. The van der Waals surface area contributed by atoms with Gasteiger partial charge in [-0.15, -0.1) is 0 Å². The highest BCUT2D eigenvalue weighted by atomic mass is 32.2. The molecule has 2 amide bonds. The van der Waals surface area contributed by atoms with Crippen LogP contribution < -0.4 is 15.4 Å². The number of para-hydroxylation sites is 2. The molecule has 1 aliphatic rings. The first-order valence-electron chi connectivity index (χ1n) is 10.9. The van der Waals surface area contributed by atoms with Crippen molar-refractivity contribution >= 4 is 27.5 Å². The zero-order valence-corrected chi connectivity index (χ0v) is 20.1. The van der Waals surface area contributed by atoms with Crippen molar-refractivity contribution in [1.29, 1.82) is 0 Å². The van der Waals surface area contributed by atoms with Crippen LogP contribution in [0.2, 0.25) is 0 Å². The van der Waals surface area contributed by atoms with E-state index in [4.69, 9.17) is 10.5 Å². The van der Waals surface area contributed by atoms with Crippen LogP contribution in [-0.4, -0.2) is 51.3 Å². The summed E-state index contributed by atoms with van der Waals surface area (Å²) in [5, 5.41) is 0. The molecule has 2 aromatic carbocycles. The highest BCUT2D eigenvalue weighted by Crippen LogP contribution is 2.32. The summed E-state index contributed by atoms with van der Waals surface area (Å²) in [5.41, 5.74) is 7.85. The Morgan fingerprint density at radius 2 is 1.76 bits per heavy atom. The lowest BCUT2D eigenvalue weighted by Crippen LogP contribution is -2.45. The van der Waals surface area contributed by atoms with E-state index in [0.29, 0.717) is 24.3 Å². The molecule has 9 heteroatoms. The van der Waals surface area contributed by atoms with Gasteiger partial charge in [-0.2, -0.15) is 4.31 Å². The molecule has 0 atom stereocenters. The van der Waals surface area contributed by atoms with Gasteiger partial charge in [0.05, 0.1) is 17.7 Å². The van der Waals surface area contributed by atoms with E-state index in [1.807, 2.05) is 19.9 Å². The van der Waals surface area contributed by atoms with Crippen LogP contribution in [0.1, 0.15) is 30.4 Å². The van der Waals surface area contributed by atoms with E-state index in [1.165, 1.54) is 16.3 Å². The largest absolute Gasteiger partial charge is 0.495 e. The zero-order valence-electron chi connectivity index (χ0n) is 19.3. The Labute approximate surface area is 195 Å². The monoisotopic (exact) mass is 473 g/mol. The van der Waals surface area contributed by atoms with Crippen LogP contribution in [0.3, 0.4) is 0 Å². The lowest BCUT2D eigenvalue weighted by atomic mass is 9.96. The van der Waals surface area contributed by atoms with Crippen LogP contribution in [0, 0.1) is 19.8 Å². The number of piperidine rings is 1. The van der Waals surface area contributed by atoms with Crippen molar-refractivity contribution in [1.82, 2.24) is 4.31 Å². The Hall–Kier alpha value is -2.91. The molecule has 1 heterocycles. The summed E-state index contributed by atoms with van der Waals surface area (Å²) in [4.78, 5) is 26.6. The normalized spacial score (nSPS) is 15.2. The second-order valence-electron chi connectivity index (χ2n) is 8.30. The average Bonchev–Trinajstić information content (AvgIpc) is 2.81. The van der Waals surface area contributed by atoms with Crippen molar-refractivity contribution in [3.63, 3.8) is 0 Å². The lowest BCUT2D eigenvalue weighted by molar-refractivity contribution is -0.123.